The molecule has 7 heterocycles. The van der Waals surface area contributed by atoms with Crippen LogP contribution in [0.5, 0.6) is 5.75 Å². The fourth-order valence-corrected chi connectivity index (χ4v) is 9.70. The summed E-state index contributed by atoms with van der Waals surface area (Å²) in [6, 6.07) is 10.2. The molecule has 15 nitrogen and oxygen atoms in total. The summed E-state index contributed by atoms with van der Waals surface area (Å²) in [5, 5.41) is 15.0. The van der Waals surface area contributed by atoms with Crippen LogP contribution in [0.1, 0.15) is 43.7 Å². The molecular formula is C43H47ClF3N11O4. The first-order valence-electron chi connectivity index (χ1n) is 21.2. The van der Waals surface area contributed by atoms with Crippen molar-refractivity contribution in [3.05, 3.63) is 63.7 Å². The van der Waals surface area contributed by atoms with E-state index in [4.69, 9.17) is 21.3 Å². The van der Waals surface area contributed by atoms with Crippen LogP contribution in [0.4, 0.5) is 42.0 Å². The zero-order valence-electron chi connectivity index (χ0n) is 34.3. The number of fused-ring (bicyclic) bond motifs is 4. The number of aryl methyl sites for hydroxylation is 2. The Balaban J connectivity index is 0.777. The Morgan fingerprint density at radius 2 is 1.76 bits per heavy atom. The minimum absolute atomic E-state index is 0.131. The number of imide groups is 1. The molecule has 1 aliphatic carbocycles. The van der Waals surface area contributed by atoms with Gasteiger partial charge in [0.05, 0.1) is 47.1 Å². The van der Waals surface area contributed by atoms with Crippen molar-refractivity contribution in [2.45, 2.75) is 56.2 Å². The molecule has 4 atom stereocenters. The minimum Gasteiger partial charge on any atom is -0.480 e. The van der Waals surface area contributed by atoms with E-state index in [0.717, 1.165) is 42.8 Å². The molecule has 0 radical (unpaired) electrons. The van der Waals surface area contributed by atoms with Gasteiger partial charge in [0.15, 0.2) is 12.4 Å². The lowest BCUT2D eigenvalue weighted by molar-refractivity contribution is -0.134. The topological polar surface area (TPSA) is 155 Å². The van der Waals surface area contributed by atoms with Gasteiger partial charge in [-0.2, -0.15) is 10.1 Å². The summed E-state index contributed by atoms with van der Waals surface area (Å²) >= 11 is 6.58. The third-order valence-electron chi connectivity index (χ3n) is 13.2. The first-order valence-corrected chi connectivity index (χ1v) is 21.6. The highest BCUT2D eigenvalue weighted by molar-refractivity contribution is 6.33. The van der Waals surface area contributed by atoms with E-state index in [9.17, 15) is 14.4 Å². The van der Waals surface area contributed by atoms with Crippen LogP contribution >= 0.6 is 11.6 Å². The number of nitrogens with zero attached hydrogens (tertiary/aromatic N) is 8. The second-order valence-corrected chi connectivity index (χ2v) is 17.7. The van der Waals surface area contributed by atoms with Crippen molar-refractivity contribution < 1.29 is 27.5 Å². The Morgan fingerprint density at radius 3 is 2.52 bits per heavy atom. The van der Waals surface area contributed by atoms with E-state index >= 15 is 13.2 Å². The molecule has 4 aliphatic heterocycles. The lowest BCUT2D eigenvalue weighted by Gasteiger charge is -2.40. The van der Waals surface area contributed by atoms with E-state index < -0.39 is 36.2 Å². The number of alkyl halides is 3. The molecule has 2 amide bonds. The highest BCUT2D eigenvalue weighted by Gasteiger charge is 2.51. The van der Waals surface area contributed by atoms with E-state index in [2.05, 4.69) is 48.0 Å². The van der Waals surface area contributed by atoms with E-state index in [-0.39, 0.29) is 46.7 Å². The minimum atomic E-state index is -3.16. The molecule has 4 fully saturated rings. The molecule has 0 bridgehead atoms. The highest BCUT2D eigenvalue weighted by Crippen LogP contribution is 2.46. The van der Waals surface area contributed by atoms with Gasteiger partial charge in [0.25, 0.3) is 5.56 Å². The van der Waals surface area contributed by atoms with Gasteiger partial charge in [-0.1, -0.05) is 11.6 Å². The van der Waals surface area contributed by atoms with Crippen molar-refractivity contribution in [1.82, 2.24) is 34.5 Å². The number of rotatable bonds is 8. The van der Waals surface area contributed by atoms with Crippen LogP contribution in [-0.2, 0) is 23.7 Å². The predicted molar refractivity (Wildman–Crippen MR) is 230 cm³/mol. The van der Waals surface area contributed by atoms with Crippen LogP contribution in [-0.4, -0.2) is 112 Å². The summed E-state index contributed by atoms with van der Waals surface area (Å²) in [5.41, 5.74) is 3.49. The fraction of sp³-hybridized carbons (Fsp3) is 0.488. The Kier molecular flexibility index (Phi) is 10.2. The average Bonchev–Trinajstić information content (AvgIpc) is 4.06. The molecule has 5 aliphatic rings. The van der Waals surface area contributed by atoms with Crippen LogP contribution in [0.15, 0.2) is 47.4 Å². The number of amides is 2. The summed E-state index contributed by atoms with van der Waals surface area (Å²) in [5.74, 6) is -4.04. The number of aromatic nitrogens is 5. The summed E-state index contributed by atoms with van der Waals surface area (Å²) in [7, 11) is 3.44. The van der Waals surface area contributed by atoms with Gasteiger partial charge in [0, 0.05) is 87.8 Å². The van der Waals surface area contributed by atoms with Crippen LogP contribution in [0.25, 0.3) is 21.8 Å². The summed E-state index contributed by atoms with van der Waals surface area (Å²) in [6.07, 6.45) is 3.09. The molecule has 10 rings (SSSR count). The maximum absolute atomic E-state index is 16.0. The van der Waals surface area contributed by atoms with E-state index in [1.807, 2.05) is 18.0 Å². The van der Waals surface area contributed by atoms with Gasteiger partial charge in [-0.05, 0) is 68.0 Å². The Hall–Kier alpha value is -5.62. The maximum atomic E-state index is 16.0. The molecule has 2 aromatic carbocycles. The first-order chi connectivity index (χ1) is 29.8. The molecule has 3 N–H and O–H groups in total. The number of hydrogen-bond acceptors (Lipinski definition) is 12. The largest absolute Gasteiger partial charge is 0.480 e. The van der Waals surface area contributed by atoms with E-state index in [1.165, 1.54) is 10.8 Å². The van der Waals surface area contributed by atoms with Gasteiger partial charge in [0.1, 0.15) is 11.2 Å². The van der Waals surface area contributed by atoms with Crippen molar-refractivity contribution in [2.24, 2.45) is 25.9 Å². The maximum Gasteiger partial charge on any atom is 0.301 e. The number of piperidine rings is 2. The number of piperazine rings is 1. The van der Waals surface area contributed by atoms with Crippen molar-refractivity contribution in [2.75, 3.05) is 72.9 Å². The lowest BCUT2D eigenvalue weighted by atomic mass is 9.93. The first kappa shape index (κ1) is 40.5. The molecule has 19 heteroatoms. The van der Waals surface area contributed by atoms with E-state index in [0.29, 0.717) is 79.2 Å². The van der Waals surface area contributed by atoms with Gasteiger partial charge < -0.3 is 29.7 Å². The molecule has 62 heavy (non-hydrogen) atoms. The SMILES string of the molecule is Cn1nc(C2CCC(=O)NC2=O)c2ccc(N3CCN(C[C@@H]4CCN(c5ncc(Cl)c(Nc6ccc7c(c6)c6c(c(=O)n7C)OCC(F)(F)[C@H](C7CC7)N6)n5)C[C@H]4F)CC3)cc21. The number of benzene rings is 2. The molecule has 0 spiro atoms. The molecule has 5 aromatic rings. The number of pyridine rings is 1. The van der Waals surface area contributed by atoms with Gasteiger partial charge in [-0.3, -0.25) is 29.3 Å². The van der Waals surface area contributed by atoms with E-state index in [1.54, 1.807) is 29.9 Å². The number of hydrogen-bond donors (Lipinski definition) is 3. The third kappa shape index (κ3) is 7.43. The van der Waals surface area contributed by atoms with Crippen LogP contribution in [0.3, 0.4) is 0 Å². The van der Waals surface area contributed by atoms with Crippen LogP contribution < -0.4 is 36.0 Å². The zero-order chi connectivity index (χ0) is 43.0. The van der Waals surface area contributed by atoms with Crippen molar-refractivity contribution in [3.8, 4) is 5.75 Å². The van der Waals surface area contributed by atoms with Gasteiger partial charge in [-0.25, -0.2) is 18.2 Å². The fourth-order valence-electron chi connectivity index (χ4n) is 9.56. The number of ether oxygens (including phenoxy) is 1. The van der Waals surface area contributed by atoms with Crippen LogP contribution in [0, 0.1) is 11.8 Å². The number of anilines is 5. The summed E-state index contributed by atoms with van der Waals surface area (Å²) in [6.45, 7) is 3.60. The van der Waals surface area contributed by atoms with Gasteiger partial charge in [-0.15, -0.1) is 0 Å². The molecular weight excluding hydrogens is 827 g/mol. The molecule has 326 valence electrons. The Morgan fingerprint density at radius 1 is 0.952 bits per heavy atom. The van der Waals surface area contributed by atoms with Gasteiger partial charge in [0.2, 0.25) is 23.5 Å². The summed E-state index contributed by atoms with van der Waals surface area (Å²) < 4.78 is 55.0. The quantitative estimate of drug-likeness (QED) is 0.173. The lowest BCUT2D eigenvalue weighted by Crippen LogP contribution is -2.51. The number of nitrogens with one attached hydrogen (secondary N) is 3. The van der Waals surface area contributed by atoms with Crippen molar-refractivity contribution in [1.29, 1.82) is 0 Å². The van der Waals surface area contributed by atoms with Crippen molar-refractivity contribution >= 4 is 74.0 Å². The molecule has 3 saturated heterocycles. The van der Waals surface area contributed by atoms with Gasteiger partial charge >= 0.3 is 5.92 Å². The molecule has 1 saturated carbocycles. The zero-order valence-corrected chi connectivity index (χ0v) is 35.1. The number of carbonyl (C=O) groups is 2. The molecule has 1 unspecified atom stereocenters. The smallest absolute Gasteiger partial charge is 0.301 e. The Bertz CT molecular complexity index is 2670. The highest BCUT2D eigenvalue weighted by atomic mass is 35.5. The standard InChI is InChI=1S/C43H47ClF3N11O4/c1-54-32-9-5-25(17-29(32)36-37(41(54)61)62-22-43(46,47)38(51-36)23-3-4-23)49-39-30(44)19-48-42(52-39)58-12-11-24(31(45)21-58)20-56-13-15-57(16-14-56)26-6-7-27-33(18-26)55(2)53-35(27)28-8-10-34(59)50-40(28)60/h5-7,9,17-19,23-24,28,31,38,51H,3-4,8,10-16,20-22H2,1-2H3,(H,48,49,52)(H,50,59,60)/t24-,28?,31+,38-/m0/s1. The number of halogens is 4. The monoisotopic (exact) mass is 873 g/mol. The molecule has 3 aromatic heterocycles. The van der Waals surface area contributed by atoms with Crippen molar-refractivity contribution in [3.63, 3.8) is 0 Å². The number of carbonyl (C=O) groups excluding carboxylic acids is 2. The average molecular weight is 874 g/mol. The second kappa shape index (κ2) is 15.6. The summed E-state index contributed by atoms with van der Waals surface area (Å²) in [4.78, 5) is 53.1. The van der Waals surface area contributed by atoms with Crippen LogP contribution in [0.2, 0.25) is 5.02 Å². The predicted octanol–water partition coefficient (Wildman–Crippen LogP) is 5.34. The second-order valence-electron chi connectivity index (χ2n) is 17.3. The normalized spacial score (nSPS) is 24.4. The third-order valence-corrected chi connectivity index (χ3v) is 13.5. The Labute approximate surface area is 359 Å².